The molecule has 1 atom stereocenters. The number of anilines is 1. The minimum Gasteiger partial charge on any atom is -0.497 e. The van der Waals surface area contributed by atoms with Crippen molar-refractivity contribution < 1.29 is 22.7 Å². The number of amides is 2. The number of benzene rings is 3. The highest BCUT2D eigenvalue weighted by molar-refractivity contribution is 7.98. The minimum absolute atomic E-state index is 0.0816. The molecular formula is C31H39N3O5S2. The van der Waals surface area contributed by atoms with E-state index in [0.717, 1.165) is 26.7 Å². The van der Waals surface area contributed by atoms with Gasteiger partial charge in [0, 0.05) is 18.0 Å². The van der Waals surface area contributed by atoms with Gasteiger partial charge < -0.3 is 15.0 Å². The highest BCUT2D eigenvalue weighted by Gasteiger charge is 2.33. The van der Waals surface area contributed by atoms with Gasteiger partial charge in [-0.1, -0.05) is 43.7 Å². The third-order valence-electron chi connectivity index (χ3n) is 6.70. The van der Waals surface area contributed by atoms with E-state index in [1.54, 1.807) is 67.8 Å². The summed E-state index contributed by atoms with van der Waals surface area (Å²) in [5.41, 5.74) is 2.12. The van der Waals surface area contributed by atoms with Crippen LogP contribution in [-0.2, 0) is 26.2 Å². The van der Waals surface area contributed by atoms with E-state index in [0.29, 0.717) is 24.4 Å². The SMILES string of the molecule is CCCNC(=O)[C@@H](CC)N(Cc1ccc(OC)cc1)C(=O)CN(c1ccc(C)cc1)S(=O)(=O)c1ccc(SC)cc1. The second-order valence-electron chi connectivity index (χ2n) is 9.61. The molecule has 3 aromatic rings. The van der Waals surface area contributed by atoms with Gasteiger partial charge in [-0.05, 0) is 80.1 Å². The van der Waals surface area contributed by atoms with Gasteiger partial charge in [0.1, 0.15) is 18.3 Å². The molecule has 0 saturated carbocycles. The number of carbonyl (C=O) groups excluding carboxylic acids is 2. The van der Waals surface area contributed by atoms with E-state index in [1.807, 2.05) is 39.2 Å². The Hall–Kier alpha value is -3.50. The number of sulfonamides is 1. The molecular weight excluding hydrogens is 558 g/mol. The second kappa shape index (κ2) is 14.9. The molecule has 0 bridgehead atoms. The molecule has 220 valence electrons. The molecule has 0 spiro atoms. The van der Waals surface area contributed by atoms with Gasteiger partial charge in [-0.2, -0.15) is 0 Å². The molecule has 0 aliphatic carbocycles. The van der Waals surface area contributed by atoms with Gasteiger partial charge in [0.15, 0.2) is 0 Å². The van der Waals surface area contributed by atoms with E-state index in [-0.39, 0.29) is 17.3 Å². The zero-order valence-corrected chi connectivity index (χ0v) is 25.9. The lowest BCUT2D eigenvalue weighted by Crippen LogP contribution is -2.52. The van der Waals surface area contributed by atoms with Crippen LogP contribution in [0.25, 0.3) is 0 Å². The summed E-state index contributed by atoms with van der Waals surface area (Å²) in [5.74, 6) is -0.0821. The number of ether oxygens (including phenoxy) is 1. The largest absolute Gasteiger partial charge is 0.497 e. The Kier molecular flexibility index (Phi) is 11.7. The fourth-order valence-electron chi connectivity index (χ4n) is 4.33. The molecule has 0 aromatic heterocycles. The van der Waals surface area contributed by atoms with Crippen molar-refractivity contribution in [1.82, 2.24) is 10.2 Å². The molecule has 0 saturated heterocycles. The summed E-state index contributed by atoms with van der Waals surface area (Å²) in [5, 5.41) is 2.89. The van der Waals surface area contributed by atoms with E-state index in [4.69, 9.17) is 4.74 Å². The van der Waals surface area contributed by atoms with E-state index in [1.165, 1.54) is 16.7 Å². The lowest BCUT2D eigenvalue weighted by Gasteiger charge is -2.33. The molecule has 1 N–H and O–H groups in total. The molecule has 2 amide bonds. The summed E-state index contributed by atoms with van der Waals surface area (Å²) in [6, 6.07) is 20.0. The summed E-state index contributed by atoms with van der Waals surface area (Å²) < 4.78 is 34.3. The molecule has 3 aromatic carbocycles. The molecule has 0 heterocycles. The molecule has 8 nitrogen and oxygen atoms in total. The van der Waals surface area contributed by atoms with Crippen LogP contribution in [0.4, 0.5) is 5.69 Å². The van der Waals surface area contributed by atoms with Crippen molar-refractivity contribution in [1.29, 1.82) is 0 Å². The van der Waals surface area contributed by atoms with Crippen LogP contribution in [0.3, 0.4) is 0 Å². The fraction of sp³-hybridized carbons (Fsp3) is 0.355. The van der Waals surface area contributed by atoms with E-state index in [9.17, 15) is 18.0 Å². The normalized spacial score (nSPS) is 11.9. The first-order chi connectivity index (χ1) is 19.6. The Morgan fingerprint density at radius 2 is 1.59 bits per heavy atom. The number of hydrogen-bond acceptors (Lipinski definition) is 6. The van der Waals surface area contributed by atoms with Crippen LogP contribution in [-0.4, -0.2) is 57.6 Å². The summed E-state index contributed by atoms with van der Waals surface area (Å²) in [7, 11) is -2.54. The van der Waals surface area contributed by atoms with Crippen LogP contribution in [0.5, 0.6) is 5.75 Å². The number of aryl methyl sites for hydroxylation is 1. The predicted octanol–water partition coefficient (Wildman–Crippen LogP) is 5.25. The number of methoxy groups -OCH3 is 1. The van der Waals surface area contributed by atoms with Gasteiger partial charge in [-0.15, -0.1) is 11.8 Å². The number of carbonyl (C=O) groups is 2. The predicted molar refractivity (Wildman–Crippen MR) is 165 cm³/mol. The zero-order chi connectivity index (χ0) is 30.0. The third kappa shape index (κ3) is 8.27. The van der Waals surface area contributed by atoms with Gasteiger partial charge in [0.05, 0.1) is 17.7 Å². The topological polar surface area (TPSA) is 96.0 Å². The third-order valence-corrected chi connectivity index (χ3v) is 9.23. The van der Waals surface area contributed by atoms with Gasteiger partial charge in [0.25, 0.3) is 10.0 Å². The number of thioether (sulfide) groups is 1. The van der Waals surface area contributed by atoms with Crippen molar-refractivity contribution in [2.24, 2.45) is 0 Å². The first kappa shape index (κ1) is 32.0. The van der Waals surface area contributed by atoms with Crippen molar-refractivity contribution in [2.45, 2.75) is 56.0 Å². The van der Waals surface area contributed by atoms with E-state index in [2.05, 4.69) is 5.32 Å². The molecule has 41 heavy (non-hydrogen) atoms. The molecule has 10 heteroatoms. The maximum absolute atomic E-state index is 14.1. The molecule has 0 radical (unpaired) electrons. The highest BCUT2D eigenvalue weighted by Crippen LogP contribution is 2.27. The minimum atomic E-state index is -4.11. The van der Waals surface area contributed by atoms with E-state index >= 15 is 0 Å². The number of nitrogens with zero attached hydrogens (tertiary/aromatic N) is 2. The first-order valence-corrected chi connectivity index (χ1v) is 16.2. The van der Waals surface area contributed by atoms with Gasteiger partial charge >= 0.3 is 0 Å². The van der Waals surface area contributed by atoms with Crippen LogP contribution in [0.2, 0.25) is 0 Å². The lowest BCUT2D eigenvalue weighted by molar-refractivity contribution is -0.140. The fourth-order valence-corrected chi connectivity index (χ4v) is 6.15. The van der Waals surface area contributed by atoms with Crippen LogP contribution < -0.4 is 14.4 Å². The van der Waals surface area contributed by atoms with Crippen LogP contribution in [0.15, 0.2) is 82.6 Å². The Balaban J connectivity index is 2.04. The van der Waals surface area contributed by atoms with Gasteiger partial charge in [-0.3, -0.25) is 13.9 Å². The molecule has 0 aliphatic rings. The highest BCUT2D eigenvalue weighted by atomic mass is 32.2. The quantitative estimate of drug-likeness (QED) is 0.255. The zero-order valence-electron chi connectivity index (χ0n) is 24.3. The second-order valence-corrected chi connectivity index (χ2v) is 12.3. The van der Waals surface area contributed by atoms with Gasteiger partial charge in [0.2, 0.25) is 11.8 Å². The van der Waals surface area contributed by atoms with Crippen molar-refractivity contribution >= 4 is 39.3 Å². The maximum atomic E-state index is 14.1. The Morgan fingerprint density at radius 3 is 2.12 bits per heavy atom. The summed E-state index contributed by atoms with van der Waals surface area (Å²) in [4.78, 5) is 29.8. The van der Waals surface area contributed by atoms with Crippen LogP contribution >= 0.6 is 11.8 Å². The van der Waals surface area contributed by atoms with Crippen LogP contribution in [0.1, 0.15) is 37.8 Å². The molecule has 0 aliphatic heterocycles. The molecule has 3 rings (SSSR count). The van der Waals surface area contributed by atoms with Crippen molar-refractivity contribution in [3.8, 4) is 5.75 Å². The van der Waals surface area contributed by atoms with E-state index < -0.39 is 28.5 Å². The van der Waals surface area contributed by atoms with Crippen LogP contribution in [0, 0.1) is 6.92 Å². The number of hydrogen-bond donors (Lipinski definition) is 1. The molecule has 0 fully saturated rings. The average Bonchev–Trinajstić information content (AvgIpc) is 2.99. The molecule has 0 unspecified atom stereocenters. The Bertz CT molecular complexity index is 1390. The Morgan fingerprint density at radius 1 is 0.951 bits per heavy atom. The lowest BCUT2D eigenvalue weighted by atomic mass is 10.1. The summed E-state index contributed by atoms with van der Waals surface area (Å²) in [6.45, 7) is 5.85. The summed E-state index contributed by atoms with van der Waals surface area (Å²) >= 11 is 1.51. The van der Waals surface area contributed by atoms with Crippen molar-refractivity contribution in [3.63, 3.8) is 0 Å². The van der Waals surface area contributed by atoms with Gasteiger partial charge in [-0.25, -0.2) is 8.42 Å². The monoisotopic (exact) mass is 597 g/mol. The summed E-state index contributed by atoms with van der Waals surface area (Å²) in [6.07, 6.45) is 3.03. The van der Waals surface area contributed by atoms with Crippen molar-refractivity contribution in [2.75, 3.05) is 30.8 Å². The van der Waals surface area contributed by atoms with Crippen molar-refractivity contribution in [3.05, 3.63) is 83.9 Å². The maximum Gasteiger partial charge on any atom is 0.264 e. The number of rotatable bonds is 14. The Labute approximate surface area is 248 Å². The number of nitrogens with one attached hydrogen (secondary N) is 1. The first-order valence-electron chi connectivity index (χ1n) is 13.6. The standard InChI is InChI=1S/C31H39N3O5S2/c1-6-20-32-31(36)29(7-2)33(21-24-10-14-26(39-4)15-11-24)30(35)22-34(25-12-8-23(3)9-13-25)41(37,38)28-18-16-27(40-5)17-19-28/h8-19,29H,6-7,20-22H2,1-5H3,(H,32,36)/t29-/m1/s1. The smallest absolute Gasteiger partial charge is 0.264 e. The average molecular weight is 598 g/mol.